The number of unbranched alkanes of at least 4 members (excludes halogenated alkanes) is 33. The van der Waals surface area contributed by atoms with Crippen LogP contribution in [0.15, 0.2) is 109 Å². The van der Waals surface area contributed by atoms with Crippen LogP contribution in [0.3, 0.4) is 0 Å². The van der Waals surface area contributed by atoms with E-state index in [4.69, 9.17) is 14.2 Å². The van der Waals surface area contributed by atoms with E-state index in [1.165, 1.54) is 180 Å². The zero-order valence-corrected chi connectivity index (χ0v) is 53.3. The number of hydrogen-bond donors (Lipinski definition) is 0. The molecule has 0 saturated carbocycles. The van der Waals surface area contributed by atoms with Crippen LogP contribution in [-0.2, 0) is 28.6 Å². The fourth-order valence-corrected chi connectivity index (χ4v) is 9.71. The van der Waals surface area contributed by atoms with Crippen molar-refractivity contribution in [3.8, 4) is 0 Å². The molecule has 0 rings (SSSR count). The van der Waals surface area contributed by atoms with Crippen molar-refractivity contribution in [1.29, 1.82) is 0 Å². The van der Waals surface area contributed by atoms with Gasteiger partial charge in [-0.25, -0.2) is 0 Å². The molecule has 0 aromatic rings. The van der Waals surface area contributed by atoms with Crippen LogP contribution in [0.4, 0.5) is 0 Å². The maximum atomic E-state index is 12.9. The van der Waals surface area contributed by atoms with Gasteiger partial charge in [0.15, 0.2) is 6.10 Å². The lowest BCUT2D eigenvalue weighted by Crippen LogP contribution is -2.30. The van der Waals surface area contributed by atoms with E-state index in [2.05, 4.69) is 130 Å². The predicted molar refractivity (Wildman–Crippen MR) is 353 cm³/mol. The second-order valence-corrected chi connectivity index (χ2v) is 22.7. The van der Waals surface area contributed by atoms with Gasteiger partial charge in [0.25, 0.3) is 0 Å². The van der Waals surface area contributed by atoms with Crippen molar-refractivity contribution >= 4 is 17.9 Å². The Morgan fingerprint density at radius 3 is 0.790 bits per heavy atom. The van der Waals surface area contributed by atoms with E-state index in [-0.39, 0.29) is 37.5 Å². The van der Waals surface area contributed by atoms with Crippen molar-refractivity contribution in [3.05, 3.63) is 109 Å². The Hall–Kier alpha value is -3.93. The van der Waals surface area contributed by atoms with E-state index in [1.54, 1.807) is 0 Å². The van der Waals surface area contributed by atoms with Crippen LogP contribution in [-0.4, -0.2) is 37.2 Å². The average molecular weight is 1130 g/mol. The quantitative estimate of drug-likeness (QED) is 0.0261. The SMILES string of the molecule is CC/C=C\C/C=C\C/C=C\C/C=C\C/C=C\CCCC(=O)OC(COC(=O)CCCCCCCCCCCCCCCCC)COC(=O)CCCCCCCCCCCCCCCCCCCC/C=C\C/C=C\C/C=C\C/C=C\CC. The third kappa shape index (κ3) is 66.8. The van der Waals surface area contributed by atoms with Gasteiger partial charge < -0.3 is 14.2 Å². The monoisotopic (exact) mass is 1120 g/mol. The summed E-state index contributed by atoms with van der Waals surface area (Å²) in [7, 11) is 0. The highest BCUT2D eigenvalue weighted by atomic mass is 16.6. The lowest BCUT2D eigenvalue weighted by atomic mass is 10.0. The Morgan fingerprint density at radius 1 is 0.259 bits per heavy atom. The molecular weight excluding hydrogens is 997 g/mol. The van der Waals surface area contributed by atoms with Gasteiger partial charge in [0.1, 0.15) is 13.2 Å². The minimum absolute atomic E-state index is 0.0966. The summed E-state index contributed by atoms with van der Waals surface area (Å²) in [5.74, 6) is -0.941. The number of hydrogen-bond acceptors (Lipinski definition) is 6. The molecule has 0 aromatic carbocycles. The summed E-state index contributed by atoms with van der Waals surface area (Å²) in [5, 5.41) is 0. The van der Waals surface area contributed by atoms with Crippen molar-refractivity contribution < 1.29 is 28.6 Å². The predicted octanol–water partition coefficient (Wildman–Crippen LogP) is 23.8. The average Bonchev–Trinajstić information content (AvgIpc) is 3.47. The Kier molecular flexibility index (Phi) is 65.2. The van der Waals surface area contributed by atoms with Gasteiger partial charge in [-0.2, -0.15) is 0 Å². The largest absolute Gasteiger partial charge is 0.462 e. The summed E-state index contributed by atoms with van der Waals surface area (Å²) in [4.78, 5) is 38.4. The van der Waals surface area contributed by atoms with Crippen LogP contribution < -0.4 is 0 Å². The molecule has 6 heteroatoms. The van der Waals surface area contributed by atoms with Gasteiger partial charge in [-0.1, -0.05) is 323 Å². The second kappa shape index (κ2) is 68.6. The van der Waals surface area contributed by atoms with Crippen LogP contribution in [0.1, 0.15) is 329 Å². The summed E-state index contributed by atoms with van der Waals surface area (Å²) in [6.07, 6.45) is 94.1. The molecule has 0 aliphatic rings. The highest BCUT2D eigenvalue weighted by Gasteiger charge is 2.19. The fraction of sp³-hybridized carbons (Fsp3) is 0.720. The zero-order valence-electron chi connectivity index (χ0n) is 53.3. The number of allylic oxidation sites excluding steroid dienone is 18. The van der Waals surface area contributed by atoms with Crippen LogP contribution in [0.2, 0.25) is 0 Å². The molecule has 0 radical (unpaired) electrons. The molecule has 6 nitrogen and oxygen atoms in total. The number of ether oxygens (including phenoxy) is 3. The molecule has 0 saturated heterocycles. The second-order valence-electron chi connectivity index (χ2n) is 22.7. The van der Waals surface area contributed by atoms with Crippen LogP contribution in [0.5, 0.6) is 0 Å². The highest BCUT2D eigenvalue weighted by molar-refractivity contribution is 5.71. The van der Waals surface area contributed by atoms with Gasteiger partial charge in [0.05, 0.1) is 0 Å². The summed E-state index contributed by atoms with van der Waals surface area (Å²) >= 11 is 0. The molecular formula is C75H128O6. The van der Waals surface area contributed by atoms with Crippen LogP contribution in [0, 0.1) is 0 Å². The Morgan fingerprint density at radius 2 is 0.494 bits per heavy atom. The van der Waals surface area contributed by atoms with Crippen molar-refractivity contribution in [2.75, 3.05) is 13.2 Å². The molecule has 0 heterocycles. The third-order valence-corrected chi connectivity index (χ3v) is 14.8. The number of esters is 3. The van der Waals surface area contributed by atoms with Gasteiger partial charge in [-0.05, 0) is 96.3 Å². The summed E-state index contributed by atoms with van der Waals surface area (Å²) < 4.78 is 16.9. The zero-order chi connectivity index (χ0) is 58.5. The first-order chi connectivity index (χ1) is 40.0. The first-order valence-corrected chi connectivity index (χ1v) is 34.4. The fourth-order valence-electron chi connectivity index (χ4n) is 9.71. The number of carbonyl (C=O) groups is 3. The van der Waals surface area contributed by atoms with Crippen molar-refractivity contribution in [2.24, 2.45) is 0 Å². The van der Waals surface area contributed by atoms with Crippen molar-refractivity contribution in [2.45, 2.75) is 335 Å². The molecule has 0 fully saturated rings. The van der Waals surface area contributed by atoms with Gasteiger partial charge in [-0.15, -0.1) is 0 Å². The summed E-state index contributed by atoms with van der Waals surface area (Å²) in [5.41, 5.74) is 0. The first kappa shape index (κ1) is 77.1. The standard InChI is InChI=1S/C75H128O6/c1-4-7-10-13-16-19-22-25-28-30-31-32-33-34-35-36-37-38-39-40-41-42-43-45-47-50-53-56-59-62-65-68-74(77)80-71-72(70-79-73(76)67-64-61-58-55-52-49-46-27-24-21-18-15-12-9-6-3)81-75(78)69-66-63-60-57-54-51-48-44-29-26-23-20-17-14-11-8-5-2/h7-8,10-11,16-17,19-20,25-26,28-29,31-32,48,51,57,60,72H,4-6,9,12-15,18,21-24,27,30,33-47,49-50,52-56,58-59,61-71H2,1-3H3/b10-7-,11-8-,19-16-,20-17-,28-25-,29-26-,32-31-,51-48-,60-57-. The molecule has 0 aromatic heterocycles. The van der Waals surface area contributed by atoms with E-state index in [1.807, 2.05) is 0 Å². The third-order valence-electron chi connectivity index (χ3n) is 14.8. The van der Waals surface area contributed by atoms with Crippen LogP contribution >= 0.6 is 0 Å². The number of rotatable bonds is 62. The minimum atomic E-state index is -0.807. The normalized spacial score (nSPS) is 12.8. The first-order valence-electron chi connectivity index (χ1n) is 34.4. The smallest absolute Gasteiger partial charge is 0.306 e. The molecule has 1 atom stereocenters. The molecule has 0 amide bonds. The van der Waals surface area contributed by atoms with E-state index in [9.17, 15) is 14.4 Å². The minimum Gasteiger partial charge on any atom is -0.462 e. The summed E-state index contributed by atoms with van der Waals surface area (Å²) in [6, 6.07) is 0. The molecule has 0 spiro atoms. The highest BCUT2D eigenvalue weighted by Crippen LogP contribution is 2.17. The molecule has 81 heavy (non-hydrogen) atoms. The Balaban J connectivity index is 4.26. The van der Waals surface area contributed by atoms with Crippen molar-refractivity contribution in [1.82, 2.24) is 0 Å². The van der Waals surface area contributed by atoms with Gasteiger partial charge in [0, 0.05) is 19.3 Å². The molecule has 0 aliphatic heterocycles. The Bertz CT molecular complexity index is 1620. The molecule has 0 bridgehead atoms. The van der Waals surface area contributed by atoms with Gasteiger partial charge in [-0.3, -0.25) is 14.4 Å². The van der Waals surface area contributed by atoms with Gasteiger partial charge >= 0.3 is 17.9 Å². The van der Waals surface area contributed by atoms with E-state index >= 15 is 0 Å². The van der Waals surface area contributed by atoms with Crippen molar-refractivity contribution in [3.63, 3.8) is 0 Å². The Labute approximate surface area is 501 Å². The van der Waals surface area contributed by atoms with E-state index < -0.39 is 6.10 Å². The molecule has 0 N–H and O–H groups in total. The lowest BCUT2D eigenvalue weighted by molar-refractivity contribution is -0.167. The topological polar surface area (TPSA) is 78.9 Å². The van der Waals surface area contributed by atoms with E-state index in [0.29, 0.717) is 19.3 Å². The number of carbonyl (C=O) groups excluding carboxylic acids is 3. The maximum Gasteiger partial charge on any atom is 0.306 e. The van der Waals surface area contributed by atoms with Crippen LogP contribution in [0.25, 0.3) is 0 Å². The molecule has 1 unspecified atom stereocenters. The summed E-state index contributed by atoms with van der Waals surface area (Å²) in [6.45, 7) is 6.40. The van der Waals surface area contributed by atoms with E-state index in [0.717, 1.165) is 103 Å². The lowest BCUT2D eigenvalue weighted by Gasteiger charge is -2.18. The van der Waals surface area contributed by atoms with Gasteiger partial charge in [0.2, 0.25) is 0 Å². The maximum absolute atomic E-state index is 12.9. The molecule has 464 valence electrons. The molecule has 0 aliphatic carbocycles.